The molecule has 0 atom stereocenters. The molecule has 0 heterocycles. The second-order valence-electron chi connectivity index (χ2n) is 4.16. The maximum Gasteiger partial charge on any atom is 0.418 e. The van der Waals surface area contributed by atoms with Crippen LogP contribution in [0, 0.1) is 0 Å². The molecule has 106 valence electrons. The Labute approximate surface area is 114 Å². The van der Waals surface area contributed by atoms with Crippen molar-refractivity contribution >= 4 is 17.1 Å². The molecule has 0 saturated carbocycles. The van der Waals surface area contributed by atoms with E-state index >= 15 is 0 Å². The smallest absolute Gasteiger partial charge is 0.418 e. The summed E-state index contributed by atoms with van der Waals surface area (Å²) < 4.78 is 43.7. The summed E-state index contributed by atoms with van der Waals surface area (Å²) in [6.45, 7) is 0. The standard InChI is InChI=1S/C14H13F3N2O/c1-20-11-7-9(18)6-10(8-11)19-13-5-3-2-4-12(13)14(15,16)17/h2-8,19H,18H2,1H3. The molecule has 0 aromatic heterocycles. The van der Waals surface area contributed by atoms with Crippen LogP contribution in [0.3, 0.4) is 0 Å². The minimum Gasteiger partial charge on any atom is -0.497 e. The summed E-state index contributed by atoms with van der Waals surface area (Å²) in [4.78, 5) is 0. The molecule has 6 heteroatoms. The van der Waals surface area contributed by atoms with Gasteiger partial charge in [0.1, 0.15) is 5.75 Å². The largest absolute Gasteiger partial charge is 0.497 e. The van der Waals surface area contributed by atoms with Crippen LogP contribution >= 0.6 is 0 Å². The fourth-order valence-electron chi connectivity index (χ4n) is 1.81. The van der Waals surface area contributed by atoms with E-state index in [1.54, 1.807) is 12.1 Å². The van der Waals surface area contributed by atoms with Crippen LogP contribution in [0.4, 0.5) is 30.2 Å². The fraction of sp³-hybridized carbons (Fsp3) is 0.143. The van der Waals surface area contributed by atoms with E-state index in [0.717, 1.165) is 6.07 Å². The number of ether oxygens (including phenoxy) is 1. The Kier molecular flexibility index (Phi) is 3.74. The molecular formula is C14H13F3N2O. The molecule has 0 aliphatic rings. The van der Waals surface area contributed by atoms with Crippen molar-refractivity contribution in [1.82, 2.24) is 0 Å². The summed E-state index contributed by atoms with van der Waals surface area (Å²) in [5.41, 5.74) is 5.73. The van der Waals surface area contributed by atoms with Crippen LogP contribution < -0.4 is 15.8 Å². The van der Waals surface area contributed by atoms with E-state index in [1.807, 2.05) is 0 Å². The van der Waals surface area contributed by atoms with E-state index in [-0.39, 0.29) is 5.69 Å². The molecule has 0 aliphatic heterocycles. The van der Waals surface area contributed by atoms with Gasteiger partial charge in [-0.3, -0.25) is 0 Å². The van der Waals surface area contributed by atoms with Gasteiger partial charge in [0.25, 0.3) is 0 Å². The summed E-state index contributed by atoms with van der Waals surface area (Å²) in [5, 5.41) is 2.71. The Morgan fingerprint density at radius 2 is 1.80 bits per heavy atom. The molecule has 0 fully saturated rings. The number of nitrogens with one attached hydrogen (secondary N) is 1. The number of hydrogen-bond donors (Lipinski definition) is 2. The second-order valence-corrected chi connectivity index (χ2v) is 4.16. The van der Waals surface area contributed by atoms with E-state index in [1.165, 1.54) is 31.4 Å². The van der Waals surface area contributed by atoms with Crippen LogP contribution in [0.1, 0.15) is 5.56 Å². The molecule has 2 aromatic rings. The van der Waals surface area contributed by atoms with Gasteiger partial charge in [-0.2, -0.15) is 13.2 Å². The Morgan fingerprint density at radius 3 is 2.45 bits per heavy atom. The highest BCUT2D eigenvalue weighted by molar-refractivity contribution is 5.68. The van der Waals surface area contributed by atoms with Crippen molar-refractivity contribution in [3.63, 3.8) is 0 Å². The topological polar surface area (TPSA) is 47.3 Å². The molecule has 0 aliphatic carbocycles. The van der Waals surface area contributed by atoms with Crippen molar-refractivity contribution in [3.8, 4) is 5.75 Å². The summed E-state index contributed by atoms with van der Waals surface area (Å²) in [6.07, 6.45) is -4.42. The van der Waals surface area contributed by atoms with Gasteiger partial charge < -0.3 is 15.8 Å². The van der Waals surface area contributed by atoms with Crippen LogP contribution in [-0.4, -0.2) is 7.11 Å². The number of anilines is 3. The first-order valence-electron chi connectivity index (χ1n) is 5.78. The fourth-order valence-corrected chi connectivity index (χ4v) is 1.81. The third kappa shape index (κ3) is 3.14. The van der Waals surface area contributed by atoms with Gasteiger partial charge in [0.15, 0.2) is 0 Å². The lowest BCUT2D eigenvalue weighted by Crippen LogP contribution is -2.08. The molecule has 0 unspecified atom stereocenters. The quantitative estimate of drug-likeness (QED) is 0.835. The van der Waals surface area contributed by atoms with Gasteiger partial charge in [0, 0.05) is 23.5 Å². The average Bonchev–Trinajstić information content (AvgIpc) is 2.37. The minimum absolute atomic E-state index is 0.0346. The van der Waals surface area contributed by atoms with Crippen molar-refractivity contribution < 1.29 is 17.9 Å². The van der Waals surface area contributed by atoms with Gasteiger partial charge in [0.2, 0.25) is 0 Å². The van der Waals surface area contributed by atoms with Crippen molar-refractivity contribution in [3.05, 3.63) is 48.0 Å². The van der Waals surface area contributed by atoms with E-state index in [2.05, 4.69) is 5.32 Å². The van der Waals surface area contributed by atoms with Crippen molar-refractivity contribution in [2.75, 3.05) is 18.2 Å². The van der Waals surface area contributed by atoms with Gasteiger partial charge in [-0.05, 0) is 18.2 Å². The van der Waals surface area contributed by atoms with Crippen LogP contribution in [0.2, 0.25) is 0 Å². The SMILES string of the molecule is COc1cc(N)cc(Nc2ccccc2C(F)(F)F)c1. The van der Waals surface area contributed by atoms with Gasteiger partial charge in [-0.25, -0.2) is 0 Å². The lowest BCUT2D eigenvalue weighted by atomic mass is 10.1. The number of nitrogen functional groups attached to an aromatic ring is 1. The predicted molar refractivity (Wildman–Crippen MR) is 72.1 cm³/mol. The zero-order valence-electron chi connectivity index (χ0n) is 10.7. The third-order valence-corrected chi connectivity index (χ3v) is 2.68. The van der Waals surface area contributed by atoms with E-state index < -0.39 is 11.7 Å². The Bertz CT molecular complexity index is 612. The number of methoxy groups -OCH3 is 1. The molecule has 3 N–H and O–H groups in total. The number of para-hydroxylation sites is 1. The number of rotatable bonds is 3. The first kappa shape index (κ1) is 14.0. The number of benzene rings is 2. The van der Waals surface area contributed by atoms with Crippen LogP contribution in [-0.2, 0) is 6.18 Å². The van der Waals surface area contributed by atoms with Crippen molar-refractivity contribution in [2.24, 2.45) is 0 Å². The van der Waals surface area contributed by atoms with E-state index in [9.17, 15) is 13.2 Å². The Morgan fingerprint density at radius 1 is 1.10 bits per heavy atom. The van der Waals surface area contributed by atoms with Crippen LogP contribution in [0.15, 0.2) is 42.5 Å². The van der Waals surface area contributed by atoms with Crippen molar-refractivity contribution in [1.29, 1.82) is 0 Å². The highest BCUT2D eigenvalue weighted by Crippen LogP contribution is 2.36. The molecule has 2 rings (SSSR count). The lowest BCUT2D eigenvalue weighted by Gasteiger charge is -2.15. The number of hydrogen-bond acceptors (Lipinski definition) is 3. The van der Waals surface area contributed by atoms with Gasteiger partial charge in [-0.1, -0.05) is 12.1 Å². The molecule has 0 spiro atoms. The van der Waals surface area contributed by atoms with Crippen LogP contribution in [0.5, 0.6) is 5.75 Å². The average molecular weight is 282 g/mol. The number of alkyl halides is 3. The highest BCUT2D eigenvalue weighted by atomic mass is 19.4. The molecule has 0 saturated heterocycles. The predicted octanol–water partition coefficient (Wildman–Crippen LogP) is 4.04. The lowest BCUT2D eigenvalue weighted by molar-refractivity contribution is -0.136. The maximum atomic E-state index is 12.9. The minimum atomic E-state index is -4.42. The summed E-state index contributed by atoms with van der Waals surface area (Å²) >= 11 is 0. The zero-order valence-corrected chi connectivity index (χ0v) is 10.7. The van der Waals surface area contributed by atoms with E-state index in [4.69, 9.17) is 10.5 Å². The monoisotopic (exact) mass is 282 g/mol. The van der Waals surface area contributed by atoms with Gasteiger partial charge in [0.05, 0.1) is 18.4 Å². The van der Waals surface area contributed by atoms with Crippen molar-refractivity contribution in [2.45, 2.75) is 6.18 Å². The first-order valence-corrected chi connectivity index (χ1v) is 5.78. The van der Waals surface area contributed by atoms with E-state index in [0.29, 0.717) is 17.1 Å². The molecule has 0 bridgehead atoms. The highest BCUT2D eigenvalue weighted by Gasteiger charge is 2.33. The Hall–Kier alpha value is -2.37. The zero-order chi connectivity index (χ0) is 14.8. The first-order chi connectivity index (χ1) is 9.40. The van der Waals surface area contributed by atoms with Crippen LogP contribution in [0.25, 0.3) is 0 Å². The molecular weight excluding hydrogens is 269 g/mol. The summed E-state index contributed by atoms with van der Waals surface area (Å²) in [7, 11) is 1.46. The number of nitrogens with two attached hydrogens (primary N) is 1. The van der Waals surface area contributed by atoms with Gasteiger partial charge >= 0.3 is 6.18 Å². The maximum absolute atomic E-state index is 12.9. The molecule has 2 aromatic carbocycles. The number of halogens is 3. The molecule has 0 amide bonds. The molecule has 3 nitrogen and oxygen atoms in total. The summed E-state index contributed by atoms with van der Waals surface area (Å²) in [6, 6.07) is 9.94. The normalized spacial score (nSPS) is 11.2. The summed E-state index contributed by atoms with van der Waals surface area (Å²) in [5.74, 6) is 0.469. The Balaban J connectivity index is 2.38. The molecule has 0 radical (unpaired) electrons. The molecule has 20 heavy (non-hydrogen) atoms. The second kappa shape index (κ2) is 5.32. The third-order valence-electron chi connectivity index (χ3n) is 2.68. The van der Waals surface area contributed by atoms with Gasteiger partial charge in [-0.15, -0.1) is 0 Å².